The molecule has 8 heteroatoms. The van der Waals surface area contributed by atoms with Gasteiger partial charge in [-0.2, -0.15) is 5.10 Å². The van der Waals surface area contributed by atoms with E-state index >= 15 is 0 Å². The highest BCUT2D eigenvalue weighted by molar-refractivity contribution is 5.90. The number of para-hydroxylation sites is 1. The first-order chi connectivity index (χ1) is 15.0. The molecule has 0 saturated heterocycles. The second-order valence-corrected chi connectivity index (χ2v) is 7.50. The molecule has 0 bridgehead atoms. The van der Waals surface area contributed by atoms with Gasteiger partial charge in [0, 0.05) is 23.6 Å². The number of rotatable bonds is 4. The van der Waals surface area contributed by atoms with Crippen LogP contribution in [-0.4, -0.2) is 29.7 Å². The van der Waals surface area contributed by atoms with Crippen LogP contribution < -0.4 is 11.0 Å². The third kappa shape index (κ3) is 3.38. The Hall–Kier alpha value is -4.20. The quantitative estimate of drug-likeness (QED) is 0.492. The van der Waals surface area contributed by atoms with E-state index < -0.39 is 0 Å². The molecule has 1 amide bonds. The number of anilines is 1. The molecule has 0 spiro atoms. The van der Waals surface area contributed by atoms with Gasteiger partial charge in [-0.3, -0.25) is 4.79 Å². The zero-order valence-corrected chi connectivity index (χ0v) is 17.1. The van der Waals surface area contributed by atoms with Crippen LogP contribution in [0, 0.1) is 13.8 Å². The number of hydrogen-bond donors (Lipinski definition) is 1. The SMILES string of the molecule is Cc1ccc(-c2cc3c4nn(CC(=O)Nc5ccccc5)c(=O)n4ccn3n2)cc1C. The zero-order valence-electron chi connectivity index (χ0n) is 17.1. The summed E-state index contributed by atoms with van der Waals surface area (Å²) in [5, 5.41) is 11.8. The van der Waals surface area contributed by atoms with Crippen molar-refractivity contribution in [1.82, 2.24) is 23.8 Å². The van der Waals surface area contributed by atoms with Gasteiger partial charge >= 0.3 is 5.69 Å². The average Bonchev–Trinajstić information content (AvgIpc) is 3.32. The highest BCUT2D eigenvalue weighted by atomic mass is 16.2. The van der Waals surface area contributed by atoms with Gasteiger partial charge in [-0.15, -0.1) is 5.10 Å². The molecule has 1 N–H and O–H groups in total. The minimum atomic E-state index is -0.380. The van der Waals surface area contributed by atoms with Crippen LogP contribution in [-0.2, 0) is 11.3 Å². The highest BCUT2D eigenvalue weighted by Gasteiger charge is 2.15. The molecule has 5 rings (SSSR count). The molecule has 0 saturated carbocycles. The lowest BCUT2D eigenvalue weighted by molar-refractivity contribution is -0.117. The fourth-order valence-electron chi connectivity index (χ4n) is 3.54. The molecule has 31 heavy (non-hydrogen) atoms. The van der Waals surface area contributed by atoms with Crippen LogP contribution in [0.1, 0.15) is 11.1 Å². The Bertz CT molecular complexity index is 1490. The standard InChI is InChI=1S/C23H20N6O2/c1-15-8-9-17(12-16(15)2)19-13-20-22-26-29(23(31)27(22)10-11-28(20)25-19)14-21(30)24-18-6-4-3-5-7-18/h3-13H,14H2,1-2H3,(H,24,30). The molecule has 2 aromatic carbocycles. The molecule has 3 heterocycles. The van der Waals surface area contributed by atoms with Crippen molar-refractivity contribution in [1.29, 1.82) is 0 Å². The van der Waals surface area contributed by atoms with Crippen LogP contribution in [0.2, 0.25) is 0 Å². The van der Waals surface area contributed by atoms with Crippen molar-refractivity contribution in [2.24, 2.45) is 0 Å². The van der Waals surface area contributed by atoms with E-state index in [0.29, 0.717) is 16.9 Å². The van der Waals surface area contributed by atoms with Crippen LogP contribution >= 0.6 is 0 Å². The molecule has 0 radical (unpaired) electrons. The molecule has 0 aliphatic heterocycles. The lowest BCUT2D eigenvalue weighted by Gasteiger charge is -2.03. The van der Waals surface area contributed by atoms with Crippen LogP contribution in [0.5, 0.6) is 0 Å². The predicted octanol–water partition coefficient (Wildman–Crippen LogP) is 3.07. The number of hydrogen-bond acceptors (Lipinski definition) is 4. The van der Waals surface area contributed by atoms with Gasteiger partial charge in [0.25, 0.3) is 0 Å². The maximum Gasteiger partial charge on any atom is 0.350 e. The van der Waals surface area contributed by atoms with Crippen molar-refractivity contribution in [3.05, 3.63) is 88.6 Å². The lowest BCUT2D eigenvalue weighted by atomic mass is 10.0. The van der Waals surface area contributed by atoms with Crippen LogP contribution in [0.4, 0.5) is 5.69 Å². The third-order valence-corrected chi connectivity index (χ3v) is 5.35. The summed E-state index contributed by atoms with van der Waals surface area (Å²) in [5.41, 5.74) is 5.61. The van der Waals surface area contributed by atoms with Gasteiger partial charge in [-0.05, 0) is 49.2 Å². The first kappa shape index (κ1) is 18.8. The fraction of sp³-hybridized carbons (Fsp3) is 0.130. The molecule has 0 atom stereocenters. The van der Waals surface area contributed by atoms with Crippen molar-refractivity contribution < 1.29 is 4.79 Å². The van der Waals surface area contributed by atoms with E-state index in [4.69, 9.17) is 0 Å². The summed E-state index contributed by atoms with van der Waals surface area (Å²) < 4.78 is 4.29. The Morgan fingerprint density at radius 1 is 0.968 bits per heavy atom. The summed E-state index contributed by atoms with van der Waals surface area (Å²) in [6.07, 6.45) is 3.32. The van der Waals surface area contributed by atoms with Crippen molar-refractivity contribution in [2.75, 3.05) is 5.32 Å². The molecule has 154 valence electrons. The number of amides is 1. The number of aromatic nitrogens is 5. The van der Waals surface area contributed by atoms with Crippen molar-refractivity contribution in [3.63, 3.8) is 0 Å². The van der Waals surface area contributed by atoms with Crippen molar-refractivity contribution in [2.45, 2.75) is 20.4 Å². The van der Waals surface area contributed by atoms with Gasteiger partial charge in [0.15, 0.2) is 5.65 Å². The van der Waals surface area contributed by atoms with Gasteiger partial charge in [-0.25, -0.2) is 18.4 Å². The summed E-state index contributed by atoms with van der Waals surface area (Å²) in [7, 11) is 0. The molecule has 5 aromatic rings. The summed E-state index contributed by atoms with van der Waals surface area (Å²) in [4.78, 5) is 25.2. The Morgan fingerprint density at radius 2 is 1.77 bits per heavy atom. The zero-order chi connectivity index (χ0) is 21.5. The van der Waals surface area contributed by atoms with E-state index in [0.717, 1.165) is 15.9 Å². The number of carbonyl (C=O) groups is 1. The van der Waals surface area contributed by atoms with Gasteiger partial charge in [-0.1, -0.05) is 30.3 Å². The fourth-order valence-corrected chi connectivity index (χ4v) is 3.54. The van der Waals surface area contributed by atoms with Crippen LogP contribution in [0.25, 0.3) is 22.4 Å². The molecule has 0 aliphatic rings. The van der Waals surface area contributed by atoms with Crippen LogP contribution in [0.15, 0.2) is 71.8 Å². The monoisotopic (exact) mass is 412 g/mol. The van der Waals surface area contributed by atoms with Crippen molar-refractivity contribution >= 4 is 22.8 Å². The van der Waals surface area contributed by atoms with Crippen LogP contribution in [0.3, 0.4) is 0 Å². The predicted molar refractivity (Wildman–Crippen MR) is 118 cm³/mol. The second-order valence-electron chi connectivity index (χ2n) is 7.50. The summed E-state index contributed by atoms with van der Waals surface area (Å²) in [6.45, 7) is 3.95. The first-order valence-electron chi connectivity index (χ1n) is 9.90. The Morgan fingerprint density at radius 3 is 2.55 bits per heavy atom. The van der Waals surface area contributed by atoms with E-state index in [-0.39, 0.29) is 18.1 Å². The molecule has 3 aromatic heterocycles. The van der Waals surface area contributed by atoms with E-state index in [1.54, 1.807) is 29.0 Å². The molecule has 8 nitrogen and oxygen atoms in total. The summed E-state index contributed by atoms with van der Waals surface area (Å²) in [5.74, 6) is -0.322. The van der Waals surface area contributed by atoms with E-state index in [2.05, 4.69) is 41.5 Å². The number of nitrogens with zero attached hydrogens (tertiary/aromatic N) is 5. The number of carbonyl (C=O) groups excluding carboxylic acids is 1. The third-order valence-electron chi connectivity index (χ3n) is 5.35. The Kier molecular flexibility index (Phi) is 4.39. The molecule has 0 unspecified atom stereocenters. The smallest absolute Gasteiger partial charge is 0.324 e. The minimum Gasteiger partial charge on any atom is -0.324 e. The molecule has 0 aliphatic carbocycles. The highest BCUT2D eigenvalue weighted by Crippen LogP contribution is 2.23. The van der Waals surface area contributed by atoms with E-state index in [1.807, 2.05) is 30.3 Å². The molecule has 0 fully saturated rings. The summed E-state index contributed by atoms with van der Waals surface area (Å²) >= 11 is 0. The van der Waals surface area contributed by atoms with E-state index in [9.17, 15) is 9.59 Å². The summed E-state index contributed by atoms with van der Waals surface area (Å²) in [6, 6.07) is 17.2. The largest absolute Gasteiger partial charge is 0.350 e. The van der Waals surface area contributed by atoms with Gasteiger partial charge < -0.3 is 5.32 Å². The van der Waals surface area contributed by atoms with Gasteiger partial charge in [0.05, 0.1) is 5.69 Å². The lowest BCUT2D eigenvalue weighted by Crippen LogP contribution is -2.28. The maximum atomic E-state index is 12.8. The van der Waals surface area contributed by atoms with Gasteiger partial charge in [0.1, 0.15) is 12.1 Å². The van der Waals surface area contributed by atoms with Crippen molar-refractivity contribution in [3.8, 4) is 11.3 Å². The van der Waals surface area contributed by atoms with E-state index in [1.165, 1.54) is 15.5 Å². The number of nitrogens with one attached hydrogen (secondary N) is 1. The Balaban J connectivity index is 1.52. The normalized spacial score (nSPS) is 11.3. The number of aryl methyl sites for hydroxylation is 2. The van der Waals surface area contributed by atoms with Gasteiger partial charge in [0.2, 0.25) is 5.91 Å². The Labute approximate surface area is 177 Å². The minimum absolute atomic E-state index is 0.181. The molecular formula is C23H20N6O2. The second kappa shape index (κ2) is 7.24. The first-order valence-corrected chi connectivity index (χ1v) is 9.90. The molecular weight excluding hydrogens is 392 g/mol. The number of benzene rings is 2. The average molecular weight is 412 g/mol. The maximum absolute atomic E-state index is 12.8. The number of fused-ring (bicyclic) bond motifs is 3. The topological polar surface area (TPSA) is 85.7 Å².